The molecule has 0 atom stereocenters. The van der Waals surface area contributed by atoms with E-state index in [0.29, 0.717) is 0 Å². The average molecular weight is 277 g/mol. The summed E-state index contributed by atoms with van der Waals surface area (Å²) in [6, 6.07) is 4.84. The van der Waals surface area contributed by atoms with E-state index in [1.165, 1.54) is 12.8 Å². The Morgan fingerprint density at radius 2 is 2.10 bits per heavy atom. The molecule has 0 amide bonds. The van der Waals surface area contributed by atoms with E-state index in [1.54, 1.807) is 6.26 Å². The zero-order valence-corrected chi connectivity index (χ0v) is 12.8. The highest BCUT2D eigenvalue weighted by Gasteiger charge is 2.36. The van der Waals surface area contributed by atoms with E-state index < -0.39 is 0 Å². The molecule has 20 heavy (non-hydrogen) atoms. The van der Waals surface area contributed by atoms with Gasteiger partial charge in [0.15, 0.2) is 0 Å². The number of piperazine rings is 1. The van der Waals surface area contributed by atoms with Crippen LogP contribution >= 0.6 is 0 Å². The molecule has 1 aromatic heterocycles. The van der Waals surface area contributed by atoms with Crippen LogP contribution < -0.4 is 5.32 Å². The number of rotatable bonds is 6. The summed E-state index contributed by atoms with van der Waals surface area (Å²) < 4.78 is 5.54. The maximum absolute atomic E-state index is 5.54. The van der Waals surface area contributed by atoms with Crippen LogP contribution in [0.5, 0.6) is 0 Å². The molecule has 112 valence electrons. The zero-order valence-electron chi connectivity index (χ0n) is 12.8. The van der Waals surface area contributed by atoms with Crippen molar-refractivity contribution in [3.63, 3.8) is 0 Å². The van der Waals surface area contributed by atoms with E-state index in [0.717, 1.165) is 51.1 Å². The monoisotopic (exact) mass is 277 g/mol. The summed E-state index contributed by atoms with van der Waals surface area (Å²) >= 11 is 0. The third-order valence-corrected chi connectivity index (χ3v) is 4.57. The molecule has 3 rings (SSSR count). The number of nitrogens with zero attached hydrogens (tertiary/aromatic N) is 2. The lowest BCUT2D eigenvalue weighted by Crippen LogP contribution is -2.57. The van der Waals surface area contributed by atoms with E-state index in [-0.39, 0.29) is 5.54 Å². The smallest absolute Gasteiger partial charge is 0.117 e. The number of nitrogens with one attached hydrogen (secondary N) is 1. The minimum absolute atomic E-state index is 0.233. The van der Waals surface area contributed by atoms with Crippen molar-refractivity contribution in [2.24, 2.45) is 0 Å². The standard InChI is InChI=1S/C16H27N3O/c1-16(2,19-9-7-17-8-10-19)13-18(14-5-6-14)12-15-4-3-11-20-15/h3-4,11,14,17H,5-10,12-13H2,1-2H3. The fourth-order valence-corrected chi connectivity index (χ4v) is 3.22. The molecule has 1 aliphatic heterocycles. The van der Waals surface area contributed by atoms with Crippen LogP contribution in [0.1, 0.15) is 32.4 Å². The van der Waals surface area contributed by atoms with Crippen molar-refractivity contribution in [1.29, 1.82) is 0 Å². The van der Waals surface area contributed by atoms with Gasteiger partial charge in [-0.1, -0.05) is 0 Å². The highest BCUT2D eigenvalue weighted by atomic mass is 16.3. The molecule has 2 fully saturated rings. The summed E-state index contributed by atoms with van der Waals surface area (Å²) in [6.07, 6.45) is 4.47. The third kappa shape index (κ3) is 3.43. The average Bonchev–Trinajstić information content (AvgIpc) is 3.18. The Morgan fingerprint density at radius 1 is 1.35 bits per heavy atom. The highest BCUT2D eigenvalue weighted by molar-refractivity contribution is 5.01. The fourth-order valence-electron chi connectivity index (χ4n) is 3.22. The highest BCUT2D eigenvalue weighted by Crippen LogP contribution is 2.31. The minimum Gasteiger partial charge on any atom is -0.468 e. The van der Waals surface area contributed by atoms with Gasteiger partial charge in [-0.2, -0.15) is 0 Å². The van der Waals surface area contributed by atoms with Crippen LogP contribution in [-0.2, 0) is 6.54 Å². The molecule has 1 aromatic rings. The van der Waals surface area contributed by atoms with Crippen LogP contribution in [0.3, 0.4) is 0 Å². The van der Waals surface area contributed by atoms with Gasteiger partial charge >= 0.3 is 0 Å². The van der Waals surface area contributed by atoms with E-state index in [1.807, 2.05) is 6.07 Å². The quantitative estimate of drug-likeness (QED) is 0.861. The van der Waals surface area contributed by atoms with Crippen LogP contribution in [0.15, 0.2) is 22.8 Å². The maximum Gasteiger partial charge on any atom is 0.117 e. The summed E-state index contributed by atoms with van der Waals surface area (Å²) in [5.41, 5.74) is 0.233. The van der Waals surface area contributed by atoms with Crippen molar-refractivity contribution >= 4 is 0 Å². The van der Waals surface area contributed by atoms with Gasteiger partial charge in [-0.15, -0.1) is 0 Å². The first-order valence-corrected chi connectivity index (χ1v) is 7.87. The molecule has 0 spiro atoms. The van der Waals surface area contributed by atoms with Gasteiger partial charge in [0, 0.05) is 44.3 Å². The van der Waals surface area contributed by atoms with E-state index >= 15 is 0 Å². The molecule has 4 heteroatoms. The van der Waals surface area contributed by atoms with Crippen LogP contribution in [0.25, 0.3) is 0 Å². The molecule has 0 radical (unpaired) electrons. The first kappa shape index (κ1) is 14.1. The second-order valence-electron chi connectivity index (χ2n) is 6.77. The summed E-state index contributed by atoms with van der Waals surface area (Å²) in [5, 5.41) is 3.44. The summed E-state index contributed by atoms with van der Waals surface area (Å²) in [5.74, 6) is 1.09. The normalized spacial score (nSPS) is 21.6. The summed E-state index contributed by atoms with van der Waals surface area (Å²) in [7, 11) is 0. The van der Waals surface area contributed by atoms with Gasteiger partial charge < -0.3 is 9.73 Å². The van der Waals surface area contributed by atoms with Crippen LogP contribution in [0.4, 0.5) is 0 Å². The predicted molar refractivity (Wildman–Crippen MR) is 80.7 cm³/mol. The van der Waals surface area contributed by atoms with Gasteiger partial charge in [-0.25, -0.2) is 0 Å². The summed E-state index contributed by atoms with van der Waals surface area (Å²) in [6.45, 7) is 11.4. The van der Waals surface area contributed by atoms with E-state index in [2.05, 4.69) is 35.0 Å². The van der Waals surface area contributed by atoms with E-state index in [4.69, 9.17) is 4.42 Å². The fraction of sp³-hybridized carbons (Fsp3) is 0.750. The zero-order chi connectivity index (χ0) is 14.0. The number of hydrogen-bond donors (Lipinski definition) is 1. The maximum atomic E-state index is 5.54. The van der Waals surface area contributed by atoms with Crippen molar-refractivity contribution in [2.75, 3.05) is 32.7 Å². The van der Waals surface area contributed by atoms with Crippen molar-refractivity contribution in [2.45, 2.75) is 44.8 Å². The van der Waals surface area contributed by atoms with Gasteiger partial charge in [0.1, 0.15) is 5.76 Å². The second kappa shape index (κ2) is 5.88. The minimum atomic E-state index is 0.233. The Balaban J connectivity index is 1.62. The van der Waals surface area contributed by atoms with Crippen molar-refractivity contribution in [3.05, 3.63) is 24.2 Å². The van der Waals surface area contributed by atoms with Gasteiger partial charge in [-0.3, -0.25) is 9.80 Å². The second-order valence-corrected chi connectivity index (χ2v) is 6.77. The largest absolute Gasteiger partial charge is 0.468 e. The molecule has 0 unspecified atom stereocenters. The molecule has 1 saturated heterocycles. The molecule has 1 N–H and O–H groups in total. The number of hydrogen-bond acceptors (Lipinski definition) is 4. The van der Waals surface area contributed by atoms with Crippen molar-refractivity contribution < 1.29 is 4.42 Å². The lowest BCUT2D eigenvalue weighted by atomic mass is 10.0. The molecule has 4 nitrogen and oxygen atoms in total. The van der Waals surface area contributed by atoms with Gasteiger partial charge in [0.25, 0.3) is 0 Å². The van der Waals surface area contributed by atoms with Crippen molar-refractivity contribution in [1.82, 2.24) is 15.1 Å². The SMILES string of the molecule is CC(C)(CN(Cc1ccco1)C1CC1)N1CCNCC1. The topological polar surface area (TPSA) is 31.7 Å². The molecular formula is C16H27N3O. The van der Waals surface area contributed by atoms with Crippen LogP contribution in [0, 0.1) is 0 Å². The van der Waals surface area contributed by atoms with E-state index in [9.17, 15) is 0 Å². The Kier molecular flexibility index (Phi) is 4.15. The van der Waals surface area contributed by atoms with Crippen molar-refractivity contribution in [3.8, 4) is 0 Å². The molecule has 1 aliphatic carbocycles. The molecule has 0 bridgehead atoms. The first-order chi connectivity index (χ1) is 9.65. The first-order valence-electron chi connectivity index (χ1n) is 7.87. The third-order valence-electron chi connectivity index (χ3n) is 4.57. The Morgan fingerprint density at radius 3 is 2.70 bits per heavy atom. The lowest BCUT2D eigenvalue weighted by Gasteiger charge is -2.44. The van der Waals surface area contributed by atoms with Gasteiger partial charge in [-0.05, 0) is 38.8 Å². The lowest BCUT2D eigenvalue weighted by molar-refractivity contribution is 0.0550. The Labute approximate surface area is 122 Å². The molecule has 2 heterocycles. The van der Waals surface area contributed by atoms with Gasteiger partial charge in [0.05, 0.1) is 12.8 Å². The molecular weight excluding hydrogens is 250 g/mol. The molecule has 0 aromatic carbocycles. The van der Waals surface area contributed by atoms with Gasteiger partial charge in [0.2, 0.25) is 0 Å². The predicted octanol–water partition coefficient (Wildman–Crippen LogP) is 1.93. The molecule has 1 saturated carbocycles. The Bertz CT molecular complexity index is 405. The van der Waals surface area contributed by atoms with Crippen LogP contribution in [-0.4, -0.2) is 54.1 Å². The Hall–Kier alpha value is -0.840. The number of furan rings is 1. The van der Waals surface area contributed by atoms with Crippen LogP contribution in [0.2, 0.25) is 0 Å². The molecule has 2 aliphatic rings. The summed E-state index contributed by atoms with van der Waals surface area (Å²) in [4.78, 5) is 5.24.